The van der Waals surface area contributed by atoms with Crippen LogP contribution in [0.25, 0.3) is 0 Å². The summed E-state index contributed by atoms with van der Waals surface area (Å²) in [5, 5.41) is 6.56. The quantitative estimate of drug-likeness (QED) is 0.839. The summed E-state index contributed by atoms with van der Waals surface area (Å²) in [6.45, 7) is 5.49. The van der Waals surface area contributed by atoms with Crippen LogP contribution in [0, 0.1) is 0 Å². The van der Waals surface area contributed by atoms with Crippen molar-refractivity contribution < 1.29 is 4.79 Å². The number of rotatable bonds is 6. The maximum atomic E-state index is 12.1. The zero-order chi connectivity index (χ0) is 14.4. The molecule has 1 aliphatic rings. The molecule has 0 radical (unpaired) electrons. The molecule has 1 aromatic rings. The number of aromatic nitrogens is 1. The molecule has 0 bridgehead atoms. The predicted molar refractivity (Wildman–Crippen MR) is 81.4 cm³/mol. The number of hydrogen-bond donors (Lipinski definition) is 2. The van der Waals surface area contributed by atoms with Gasteiger partial charge in [-0.3, -0.25) is 4.79 Å². The smallest absolute Gasteiger partial charge is 0.240 e. The molecule has 0 spiro atoms. The Morgan fingerprint density at radius 3 is 2.80 bits per heavy atom. The topological polar surface area (TPSA) is 46.1 Å². The Balaban J connectivity index is 1.82. The summed E-state index contributed by atoms with van der Waals surface area (Å²) in [7, 11) is 0. The number of amides is 1. The maximum Gasteiger partial charge on any atom is 0.240 e. The van der Waals surface area contributed by atoms with Gasteiger partial charge in [0.25, 0.3) is 0 Å². The van der Waals surface area contributed by atoms with Gasteiger partial charge in [-0.1, -0.05) is 33.1 Å². The number of nitrogens with zero attached hydrogens (tertiary/aromatic N) is 1. The number of hydrogen-bond acceptors (Lipinski definition) is 2. The predicted octanol–water partition coefficient (Wildman–Crippen LogP) is 2.43. The summed E-state index contributed by atoms with van der Waals surface area (Å²) in [4.78, 5) is 12.1. The van der Waals surface area contributed by atoms with E-state index in [-0.39, 0.29) is 5.91 Å². The molecule has 1 saturated carbocycles. The van der Waals surface area contributed by atoms with E-state index in [1.165, 1.54) is 19.3 Å². The first kappa shape index (κ1) is 15.1. The fourth-order valence-corrected chi connectivity index (χ4v) is 2.75. The number of carbonyl (C=O) groups is 1. The molecule has 2 N–H and O–H groups in total. The summed E-state index contributed by atoms with van der Waals surface area (Å²) < 4.78 is 2.04. The van der Waals surface area contributed by atoms with E-state index >= 15 is 0 Å². The number of nitrogens with one attached hydrogen (secondary N) is 2. The van der Waals surface area contributed by atoms with Gasteiger partial charge < -0.3 is 15.2 Å². The van der Waals surface area contributed by atoms with Crippen molar-refractivity contribution in [2.75, 3.05) is 0 Å². The minimum Gasteiger partial charge on any atom is -0.352 e. The summed E-state index contributed by atoms with van der Waals surface area (Å²) in [6.07, 6.45) is 8.07. The van der Waals surface area contributed by atoms with Gasteiger partial charge in [0.2, 0.25) is 5.91 Å². The molecule has 4 nitrogen and oxygen atoms in total. The van der Waals surface area contributed by atoms with E-state index in [2.05, 4.69) is 30.5 Å². The van der Waals surface area contributed by atoms with Gasteiger partial charge >= 0.3 is 0 Å². The summed E-state index contributed by atoms with van der Waals surface area (Å²) in [5.74, 6) is 0.138. The van der Waals surface area contributed by atoms with Crippen LogP contribution in [-0.4, -0.2) is 22.6 Å². The standard InChI is InChI=1S/C16H27N3O/c1-13(2)17-11-15-9-6-10-19(15)12-16(20)18-14-7-4-3-5-8-14/h6,9-10,13-14,17H,3-5,7-8,11-12H2,1-2H3,(H,18,20). The molecule has 0 aliphatic heterocycles. The van der Waals surface area contributed by atoms with Crippen LogP contribution in [0.4, 0.5) is 0 Å². The zero-order valence-electron chi connectivity index (χ0n) is 12.7. The molecular formula is C16H27N3O. The lowest BCUT2D eigenvalue weighted by molar-refractivity contribution is -0.122. The largest absolute Gasteiger partial charge is 0.352 e. The van der Waals surface area contributed by atoms with Crippen molar-refractivity contribution in [3.05, 3.63) is 24.0 Å². The third-order valence-electron chi connectivity index (χ3n) is 3.90. The molecule has 0 unspecified atom stereocenters. The molecule has 1 amide bonds. The first-order chi connectivity index (χ1) is 9.65. The number of carbonyl (C=O) groups excluding carboxylic acids is 1. The van der Waals surface area contributed by atoms with E-state index in [9.17, 15) is 4.79 Å². The SMILES string of the molecule is CC(C)NCc1cccn1CC(=O)NC1CCCCC1. The molecule has 112 valence electrons. The van der Waals surface area contributed by atoms with Gasteiger partial charge in [-0.2, -0.15) is 0 Å². The normalized spacial score (nSPS) is 16.6. The van der Waals surface area contributed by atoms with Crippen LogP contribution < -0.4 is 10.6 Å². The maximum absolute atomic E-state index is 12.1. The van der Waals surface area contributed by atoms with Crippen molar-refractivity contribution in [3.63, 3.8) is 0 Å². The van der Waals surface area contributed by atoms with Crippen molar-refractivity contribution >= 4 is 5.91 Å². The van der Waals surface area contributed by atoms with Crippen molar-refractivity contribution in [3.8, 4) is 0 Å². The van der Waals surface area contributed by atoms with E-state index in [1.54, 1.807) is 0 Å². The van der Waals surface area contributed by atoms with Gasteiger partial charge in [-0.25, -0.2) is 0 Å². The average Bonchev–Trinajstić information content (AvgIpc) is 2.84. The van der Waals surface area contributed by atoms with Crippen LogP contribution in [-0.2, 0) is 17.9 Å². The van der Waals surface area contributed by atoms with Gasteiger partial charge in [-0.15, -0.1) is 0 Å². The molecule has 1 aliphatic carbocycles. The van der Waals surface area contributed by atoms with Gasteiger partial charge in [0.05, 0.1) is 0 Å². The van der Waals surface area contributed by atoms with E-state index < -0.39 is 0 Å². The van der Waals surface area contributed by atoms with Crippen molar-refractivity contribution in [2.24, 2.45) is 0 Å². The first-order valence-corrected chi connectivity index (χ1v) is 7.82. The van der Waals surface area contributed by atoms with E-state index in [0.717, 1.165) is 25.1 Å². The highest BCUT2D eigenvalue weighted by Gasteiger charge is 2.16. The Morgan fingerprint density at radius 2 is 2.10 bits per heavy atom. The van der Waals surface area contributed by atoms with Gasteiger partial charge in [0, 0.05) is 30.5 Å². The van der Waals surface area contributed by atoms with Crippen LogP contribution in [0.1, 0.15) is 51.6 Å². The molecule has 4 heteroatoms. The highest BCUT2D eigenvalue weighted by Crippen LogP contribution is 2.17. The van der Waals surface area contributed by atoms with E-state index in [4.69, 9.17) is 0 Å². The molecule has 1 heterocycles. The second kappa shape index (κ2) is 7.48. The Hall–Kier alpha value is -1.29. The Morgan fingerprint density at radius 1 is 1.35 bits per heavy atom. The fourth-order valence-electron chi connectivity index (χ4n) is 2.75. The molecule has 2 rings (SSSR count). The van der Waals surface area contributed by atoms with Crippen LogP contribution in [0.3, 0.4) is 0 Å². The van der Waals surface area contributed by atoms with Crippen LogP contribution in [0.15, 0.2) is 18.3 Å². The van der Waals surface area contributed by atoms with E-state index in [0.29, 0.717) is 18.6 Å². The first-order valence-electron chi connectivity index (χ1n) is 7.82. The minimum atomic E-state index is 0.138. The third-order valence-corrected chi connectivity index (χ3v) is 3.90. The zero-order valence-corrected chi connectivity index (χ0v) is 12.7. The highest BCUT2D eigenvalue weighted by atomic mass is 16.2. The van der Waals surface area contributed by atoms with Crippen molar-refractivity contribution in [1.29, 1.82) is 0 Å². The summed E-state index contributed by atoms with van der Waals surface area (Å²) in [5.41, 5.74) is 1.16. The summed E-state index contributed by atoms with van der Waals surface area (Å²) in [6, 6.07) is 4.92. The van der Waals surface area contributed by atoms with Crippen LogP contribution in [0.5, 0.6) is 0 Å². The van der Waals surface area contributed by atoms with Gasteiger partial charge in [-0.05, 0) is 25.0 Å². The van der Waals surface area contributed by atoms with E-state index in [1.807, 2.05) is 16.8 Å². The second-order valence-electron chi connectivity index (χ2n) is 6.07. The third kappa shape index (κ3) is 4.67. The van der Waals surface area contributed by atoms with Crippen molar-refractivity contribution in [1.82, 2.24) is 15.2 Å². The molecule has 0 aromatic carbocycles. The molecule has 0 atom stereocenters. The highest BCUT2D eigenvalue weighted by molar-refractivity contribution is 5.76. The Kier molecular flexibility index (Phi) is 5.65. The van der Waals surface area contributed by atoms with Crippen molar-refractivity contribution in [2.45, 2.75) is 71.1 Å². The molecular weight excluding hydrogens is 250 g/mol. The summed E-state index contributed by atoms with van der Waals surface area (Å²) >= 11 is 0. The fraction of sp³-hybridized carbons (Fsp3) is 0.688. The van der Waals surface area contributed by atoms with Gasteiger partial charge in [0.1, 0.15) is 6.54 Å². The molecule has 1 fully saturated rings. The average molecular weight is 277 g/mol. The van der Waals surface area contributed by atoms with Crippen LogP contribution in [0.2, 0.25) is 0 Å². The lowest BCUT2D eigenvalue weighted by Crippen LogP contribution is -2.38. The Labute approximate surface area is 121 Å². The second-order valence-corrected chi connectivity index (χ2v) is 6.07. The molecule has 0 saturated heterocycles. The van der Waals surface area contributed by atoms with Crippen LogP contribution >= 0.6 is 0 Å². The monoisotopic (exact) mass is 277 g/mol. The Bertz CT molecular complexity index is 419. The van der Waals surface area contributed by atoms with Gasteiger partial charge in [0.15, 0.2) is 0 Å². The lowest BCUT2D eigenvalue weighted by Gasteiger charge is -2.23. The molecule has 1 aromatic heterocycles. The minimum absolute atomic E-state index is 0.138. The molecule has 20 heavy (non-hydrogen) atoms. The lowest BCUT2D eigenvalue weighted by atomic mass is 9.95.